The summed E-state index contributed by atoms with van der Waals surface area (Å²) >= 11 is 1.58. The minimum absolute atomic E-state index is 0.0580. The van der Waals surface area contributed by atoms with Crippen LogP contribution in [0.4, 0.5) is 11.4 Å². The first-order chi connectivity index (χ1) is 9.39. The summed E-state index contributed by atoms with van der Waals surface area (Å²) in [4.78, 5) is 10.5. The minimum Gasteiger partial charge on any atom is -0.388 e. The number of benzene rings is 1. The fourth-order valence-electron chi connectivity index (χ4n) is 1.89. The lowest BCUT2D eigenvalue weighted by molar-refractivity contribution is -0.384. The molecule has 0 saturated carbocycles. The van der Waals surface area contributed by atoms with Crippen molar-refractivity contribution < 1.29 is 10.0 Å². The molecule has 0 amide bonds. The van der Waals surface area contributed by atoms with E-state index in [9.17, 15) is 15.2 Å². The molecule has 0 spiro atoms. The van der Waals surface area contributed by atoms with Gasteiger partial charge in [0.15, 0.2) is 0 Å². The summed E-state index contributed by atoms with van der Waals surface area (Å²) in [6, 6.07) is 5.06. The second-order valence-electron chi connectivity index (χ2n) is 4.89. The van der Waals surface area contributed by atoms with E-state index in [1.165, 1.54) is 0 Å². The second-order valence-corrected chi connectivity index (χ2v) is 5.76. The standard InChI is InChI=1S/C13H21N3O3S/c1-13(17,9-20-3)8-15-7-10-4-5-11(14-2)12(6-10)16(18)19/h4-6,14-15,17H,7-9H2,1-3H3. The summed E-state index contributed by atoms with van der Waals surface area (Å²) in [6.45, 7) is 2.69. The van der Waals surface area contributed by atoms with Crippen molar-refractivity contribution in [2.75, 3.05) is 30.9 Å². The van der Waals surface area contributed by atoms with Crippen LogP contribution in [0.25, 0.3) is 0 Å². The van der Waals surface area contributed by atoms with Gasteiger partial charge in [-0.25, -0.2) is 0 Å². The summed E-state index contributed by atoms with van der Waals surface area (Å²) < 4.78 is 0. The van der Waals surface area contributed by atoms with E-state index in [0.717, 1.165) is 5.56 Å². The average molecular weight is 299 g/mol. The Morgan fingerprint density at radius 2 is 2.20 bits per heavy atom. The molecule has 6 nitrogen and oxygen atoms in total. The highest BCUT2D eigenvalue weighted by molar-refractivity contribution is 7.98. The summed E-state index contributed by atoms with van der Waals surface area (Å²) in [7, 11) is 1.65. The Balaban J connectivity index is 2.65. The predicted molar refractivity (Wildman–Crippen MR) is 83.4 cm³/mol. The van der Waals surface area contributed by atoms with Crippen LogP contribution >= 0.6 is 11.8 Å². The van der Waals surface area contributed by atoms with Gasteiger partial charge in [-0.3, -0.25) is 10.1 Å². The molecule has 112 valence electrons. The van der Waals surface area contributed by atoms with Crippen LogP contribution in [0.1, 0.15) is 12.5 Å². The Hall–Kier alpha value is -1.31. The maximum absolute atomic E-state index is 11.0. The Labute approximate surface area is 123 Å². The lowest BCUT2D eigenvalue weighted by Gasteiger charge is -2.22. The number of hydrogen-bond donors (Lipinski definition) is 3. The first-order valence-electron chi connectivity index (χ1n) is 6.27. The smallest absolute Gasteiger partial charge is 0.292 e. The van der Waals surface area contributed by atoms with E-state index in [1.807, 2.05) is 12.3 Å². The molecule has 3 N–H and O–H groups in total. The van der Waals surface area contributed by atoms with Crippen molar-refractivity contribution in [1.29, 1.82) is 0 Å². The van der Waals surface area contributed by atoms with Crippen LogP contribution < -0.4 is 10.6 Å². The molecule has 0 aromatic heterocycles. The molecule has 0 saturated heterocycles. The van der Waals surface area contributed by atoms with Crippen molar-refractivity contribution in [3.05, 3.63) is 33.9 Å². The third-order valence-electron chi connectivity index (χ3n) is 2.82. The molecule has 0 bridgehead atoms. The van der Waals surface area contributed by atoms with Crippen molar-refractivity contribution in [2.24, 2.45) is 0 Å². The van der Waals surface area contributed by atoms with Crippen molar-refractivity contribution in [1.82, 2.24) is 5.32 Å². The maximum Gasteiger partial charge on any atom is 0.292 e. The number of aliphatic hydroxyl groups is 1. The predicted octanol–water partition coefficient (Wildman–Crippen LogP) is 1.84. The molecule has 0 aliphatic heterocycles. The minimum atomic E-state index is -0.781. The molecule has 7 heteroatoms. The van der Waals surface area contributed by atoms with Crippen molar-refractivity contribution >= 4 is 23.1 Å². The van der Waals surface area contributed by atoms with Crippen LogP contribution in [0.3, 0.4) is 0 Å². The molecular weight excluding hydrogens is 278 g/mol. The molecule has 0 heterocycles. The van der Waals surface area contributed by atoms with Gasteiger partial charge < -0.3 is 15.7 Å². The molecule has 1 rings (SSSR count). The van der Waals surface area contributed by atoms with Gasteiger partial charge in [0.1, 0.15) is 5.69 Å². The summed E-state index contributed by atoms with van der Waals surface area (Å²) in [5.74, 6) is 0.638. The van der Waals surface area contributed by atoms with E-state index in [0.29, 0.717) is 24.5 Å². The van der Waals surface area contributed by atoms with E-state index in [4.69, 9.17) is 0 Å². The average Bonchev–Trinajstić information content (AvgIpc) is 2.38. The Morgan fingerprint density at radius 3 is 2.75 bits per heavy atom. The molecule has 1 aromatic rings. The van der Waals surface area contributed by atoms with Crippen LogP contribution in [0.5, 0.6) is 0 Å². The third-order valence-corrected chi connectivity index (χ3v) is 3.73. The first-order valence-corrected chi connectivity index (χ1v) is 7.66. The number of nitrogens with one attached hydrogen (secondary N) is 2. The molecule has 1 atom stereocenters. The molecule has 0 radical (unpaired) electrons. The topological polar surface area (TPSA) is 87.4 Å². The molecule has 1 unspecified atom stereocenters. The first kappa shape index (κ1) is 16.7. The number of nitro groups is 1. The molecular formula is C13H21N3O3S. The van der Waals surface area contributed by atoms with Gasteiger partial charge in [-0.05, 0) is 24.8 Å². The van der Waals surface area contributed by atoms with Gasteiger partial charge in [0.25, 0.3) is 5.69 Å². The van der Waals surface area contributed by atoms with Crippen molar-refractivity contribution in [3.63, 3.8) is 0 Å². The number of nitro benzene ring substituents is 1. The zero-order chi connectivity index (χ0) is 15.2. The largest absolute Gasteiger partial charge is 0.388 e. The highest BCUT2D eigenvalue weighted by Gasteiger charge is 2.19. The molecule has 0 aliphatic rings. The van der Waals surface area contributed by atoms with Crippen LogP contribution in [0, 0.1) is 10.1 Å². The SMILES string of the molecule is CNc1ccc(CNCC(C)(O)CSC)cc1[N+](=O)[O-]. The zero-order valence-corrected chi connectivity index (χ0v) is 12.8. The Bertz CT molecular complexity index is 466. The highest BCUT2D eigenvalue weighted by Crippen LogP contribution is 2.24. The molecule has 0 fully saturated rings. The maximum atomic E-state index is 11.0. The number of anilines is 1. The number of hydrogen-bond acceptors (Lipinski definition) is 6. The van der Waals surface area contributed by atoms with Crippen LogP contribution in [0.15, 0.2) is 18.2 Å². The van der Waals surface area contributed by atoms with Gasteiger partial charge in [-0.1, -0.05) is 6.07 Å². The van der Waals surface area contributed by atoms with Crippen LogP contribution in [0.2, 0.25) is 0 Å². The second kappa shape index (κ2) is 7.47. The van der Waals surface area contributed by atoms with E-state index in [1.54, 1.807) is 37.9 Å². The third kappa shape index (κ3) is 4.99. The monoisotopic (exact) mass is 299 g/mol. The van der Waals surface area contributed by atoms with E-state index in [2.05, 4.69) is 10.6 Å². The molecule has 1 aromatic carbocycles. The van der Waals surface area contributed by atoms with Crippen LogP contribution in [-0.2, 0) is 6.54 Å². The van der Waals surface area contributed by atoms with E-state index in [-0.39, 0.29) is 5.69 Å². The van der Waals surface area contributed by atoms with Crippen LogP contribution in [-0.4, -0.2) is 41.2 Å². The number of rotatable bonds is 8. The zero-order valence-electron chi connectivity index (χ0n) is 12.0. The quantitative estimate of drug-likeness (QED) is 0.501. The lowest BCUT2D eigenvalue weighted by atomic mass is 10.1. The normalized spacial score (nSPS) is 13.8. The van der Waals surface area contributed by atoms with Gasteiger partial charge in [0.2, 0.25) is 0 Å². The van der Waals surface area contributed by atoms with Crippen molar-refractivity contribution in [2.45, 2.75) is 19.1 Å². The Kier molecular flexibility index (Phi) is 6.25. The highest BCUT2D eigenvalue weighted by atomic mass is 32.2. The molecule has 0 aliphatic carbocycles. The van der Waals surface area contributed by atoms with E-state index < -0.39 is 10.5 Å². The van der Waals surface area contributed by atoms with Crippen molar-refractivity contribution in [3.8, 4) is 0 Å². The van der Waals surface area contributed by atoms with Gasteiger partial charge in [-0.15, -0.1) is 0 Å². The summed E-state index contributed by atoms with van der Waals surface area (Å²) in [5.41, 5.74) is 0.586. The van der Waals surface area contributed by atoms with Gasteiger partial charge in [0, 0.05) is 32.0 Å². The fraction of sp³-hybridized carbons (Fsp3) is 0.538. The van der Waals surface area contributed by atoms with Gasteiger partial charge in [-0.2, -0.15) is 11.8 Å². The fourth-order valence-corrected chi connectivity index (χ4v) is 2.61. The lowest BCUT2D eigenvalue weighted by Crippen LogP contribution is -2.39. The molecule has 20 heavy (non-hydrogen) atoms. The van der Waals surface area contributed by atoms with Gasteiger partial charge in [0.05, 0.1) is 10.5 Å². The van der Waals surface area contributed by atoms with Gasteiger partial charge >= 0.3 is 0 Å². The number of thioether (sulfide) groups is 1. The number of nitrogens with zero attached hydrogens (tertiary/aromatic N) is 1. The summed E-state index contributed by atoms with van der Waals surface area (Å²) in [6.07, 6.45) is 1.94. The van der Waals surface area contributed by atoms with E-state index >= 15 is 0 Å². The summed E-state index contributed by atoms with van der Waals surface area (Å²) in [5, 5.41) is 26.9. The Morgan fingerprint density at radius 1 is 1.50 bits per heavy atom.